The van der Waals surface area contributed by atoms with Crippen LogP contribution in [-0.4, -0.2) is 305 Å². The van der Waals surface area contributed by atoms with Crippen molar-refractivity contribution in [1.82, 2.24) is 0 Å². The summed E-state index contributed by atoms with van der Waals surface area (Å²) in [5.41, 5.74) is -0.00518. The number of aliphatic hydroxyl groups excluding tert-OH is 17. The third-order valence-electron chi connectivity index (χ3n) is 22.5. The van der Waals surface area contributed by atoms with Gasteiger partial charge in [-0.2, -0.15) is 0 Å². The number of hydrogen-bond acceptors (Lipinski definition) is 29. The smallest absolute Gasteiger partial charge is 0.187 e. The Morgan fingerprint density at radius 1 is 0.471 bits per heavy atom. The van der Waals surface area contributed by atoms with Crippen LogP contribution in [0.4, 0.5) is 0 Å². The van der Waals surface area contributed by atoms with E-state index in [2.05, 4.69) is 20.8 Å². The summed E-state index contributed by atoms with van der Waals surface area (Å²) in [4.78, 5) is 0. The van der Waals surface area contributed by atoms with Crippen molar-refractivity contribution in [2.75, 3.05) is 46.8 Å². The van der Waals surface area contributed by atoms with E-state index < -0.39 is 198 Å². The van der Waals surface area contributed by atoms with Gasteiger partial charge in [-0.1, -0.05) is 27.7 Å². The van der Waals surface area contributed by atoms with Gasteiger partial charge in [-0.25, -0.2) is 0 Å². The minimum absolute atomic E-state index is 0.0110. The molecule has 37 atom stereocenters. The van der Waals surface area contributed by atoms with Crippen molar-refractivity contribution in [3.63, 3.8) is 0 Å². The maximum Gasteiger partial charge on any atom is 0.187 e. The van der Waals surface area contributed by atoms with Crippen LogP contribution in [0.3, 0.4) is 0 Å². The lowest BCUT2D eigenvalue weighted by molar-refractivity contribution is -0.406. The maximum absolute atomic E-state index is 11.9. The highest BCUT2D eigenvalue weighted by atomic mass is 16.8. The van der Waals surface area contributed by atoms with Crippen molar-refractivity contribution in [2.45, 2.75) is 263 Å². The van der Waals surface area contributed by atoms with Gasteiger partial charge in [0.05, 0.1) is 51.8 Å². The van der Waals surface area contributed by atoms with Crippen molar-refractivity contribution in [3.05, 3.63) is 0 Å². The molecule has 6 saturated heterocycles. The van der Waals surface area contributed by atoms with E-state index in [9.17, 15) is 86.8 Å². The molecule has 0 spiro atoms. The summed E-state index contributed by atoms with van der Waals surface area (Å²) < 4.78 is 72.9. The Balaban J connectivity index is 0.771. The van der Waals surface area contributed by atoms with Crippen LogP contribution in [0, 0.1) is 52.3 Å². The van der Waals surface area contributed by atoms with E-state index >= 15 is 0 Å². The summed E-state index contributed by atoms with van der Waals surface area (Å²) in [7, 11) is 1.71. The first-order valence-electron chi connectivity index (χ1n) is 31.3. The van der Waals surface area contributed by atoms with Gasteiger partial charge < -0.3 is 144 Å². The Hall–Kier alpha value is -1.16. The van der Waals surface area contributed by atoms with Crippen LogP contribution in [0.1, 0.15) is 91.9 Å². The SMILES string of the molecule is COC1(CCC(C)COC2OC(CO)C(O)C(O)C2O)OC2CC3C4CCC5CC(OC6OC(CO)C(OC7OC(CO)C(O)C(OC8OC(CO)C(O)C(O)C8O)C7OC7OC(CO)C(O)C(O)C7O)C(O)C6O)CCC5(C)C4CCC3(C)C2C1C. The van der Waals surface area contributed by atoms with Crippen molar-refractivity contribution in [3.8, 4) is 0 Å². The second-order valence-electron chi connectivity index (χ2n) is 27.3. The van der Waals surface area contributed by atoms with Crippen LogP contribution < -0.4 is 0 Å². The van der Waals surface area contributed by atoms with Gasteiger partial charge in [0, 0.05) is 19.4 Å². The number of rotatable bonds is 20. The third-order valence-corrected chi connectivity index (χ3v) is 22.5. The molecule has 87 heavy (non-hydrogen) atoms. The predicted octanol–water partition coefficient (Wildman–Crippen LogP) is -5.48. The number of aliphatic hydroxyl groups is 17. The van der Waals surface area contributed by atoms with Gasteiger partial charge >= 0.3 is 0 Å². The molecule has 10 aliphatic rings. The Morgan fingerprint density at radius 3 is 1.53 bits per heavy atom. The van der Waals surface area contributed by atoms with Crippen molar-refractivity contribution in [2.24, 2.45) is 52.3 Å². The molecule has 6 heterocycles. The summed E-state index contributed by atoms with van der Waals surface area (Å²) in [6, 6.07) is 0. The zero-order chi connectivity index (χ0) is 62.9. The van der Waals surface area contributed by atoms with E-state index in [1.54, 1.807) is 7.11 Å². The summed E-state index contributed by atoms with van der Waals surface area (Å²) >= 11 is 0. The topological polar surface area (TPSA) is 455 Å². The normalized spacial score (nSPS) is 54.8. The lowest BCUT2D eigenvalue weighted by Gasteiger charge is -2.61. The second-order valence-corrected chi connectivity index (χ2v) is 27.3. The van der Waals surface area contributed by atoms with E-state index in [0.29, 0.717) is 43.4 Å². The Morgan fingerprint density at radius 2 is 0.954 bits per heavy atom. The van der Waals surface area contributed by atoms with Crippen LogP contribution in [0.25, 0.3) is 0 Å². The molecule has 29 nitrogen and oxygen atoms in total. The van der Waals surface area contributed by atoms with Crippen molar-refractivity contribution >= 4 is 0 Å². The minimum Gasteiger partial charge on any atom is -0.394 e. The summed E-state index contributed by atoms with van der Waals surface area (Å²) in [5.74, 6) is 1.15. The molecule has 0 aromatic heterocycles. The van der Waals surface area contributed by atoms with E-state index in [1.165, 1.54) is 0 Å². The molecule has 4 aliphatic carbocycles. The predicted molar refractivity (Wildman–Crippen MR) is 289 cm³/mol. The van der Waals surface area contributed by atoms with Crippen LogP contribution >= 0.6 is 0 Å². The fraction of sp³-hybridized carbons (Fsp3) is 1.00. The van der Waals surface area contributed by atoms with Gasteiger partial charge in [-0.05, 0) is 104 Å². The maximum atomic E-state index is 11.9. The Labute approximate surface area is 504 Å². The molecule has 0 aromatic rings. The van der Waals surface area contributed by atoms with Crippen LogP contribution in [0.2, 0.25) is 0 Å². The molecule has 504 valence electrons. The van der Waals surface area contributed by atoms with Gasteiger partial charge in [0.1, 0.15) is 122 Å². The average molecular weight is 1260 g/mol. The van der Waals surface area contributed by atoms with Crippen molar-refractivity contribution in [1.29, 1.82) is 0 Å². The molecule has 0 amide bonds. The zero-order valence-electron chi connectivity index (χ0n) is 49.9. The Bertz CT molecular complexity index is 2210. The number of methoxy groups -OCH3 is 1. The molecule has 17 N–H and O–H groups in total. The molecule has 6 aliphatic heterocycles. The number of hydrogen-bond donors (Lipinski definition) is 17. The molecule has 10 fully saturated rings. The van der Waals surface area contributed by atoms with E-state index in [4.69, 9.17) is 56.8 Å². The number of fused-ring (bicyclic) bond motifs is 7. The van der Waals surface area contributed by atoms with Gasteiger partial charge in [0.25, 0.3) is 0 Å². The molecule has 4 saturated carbocycles. The van der Waals surface area contributed by atoms with Crippen LogP contribution in [0.15, 0.2) is 0 Å². The highest BCUT2D eigenvalue weighted by molar-refractivity contribution is 5.15. The first-order chi connectivity index (χ1) is 41.3. The molecule has 37 unspecified atom stereocenters. The first-order valence-corrected chi connectivity index (χ1v) is 31.3. The quantitative estimate of drug-likeness (QED) is 0.0506. The summed E-state index contributed by atoms with van der Waals surface area (Å²) in [6.45, 7) is 5.26. The molecular formula is C58H98O29. The van der Waals surface area contributed by atoms with E-state index in [0.717, 1.165) is 38.5 Å². The summed E-state index contributed by atoms with van der Waals surface area (Å²) in [6.07, 6.45) is -35.2. The monoisotopic (exact) mass is 1260 g/mol. The van der Waals surface area contributed by atoms with E-state index in [-0.39, 0.29) is 47.2 Å². The third kappa shape index (κ3) is 12.6. The fourth-order valence-corrected chi connectivity index (χ4v) is 17.4. The first kappa shape index (κ1) is 68.7. The average Bonchev–Trinajstić information content (AvgIpc) is 1.61. The summed E-state index contributed by atoms with van der Waals surface area (Å²) in [5, 5.41) is 181. The van der Waals surface area contributed by atoms with Crippen LogP contribution in [0.5, 0.6) is 0 Å². The van der Waals surface area contributed by atoms with Gasteiger partial charge in [-0.15, -0.1) is 0 Å². The largest absolute Gasteiger partial charge is 0.394 e. The minimum atomic E-state index is -2.06. The van der Waals surface area contributed by atoms with E-state index in [1.807, 2.05) is 6.92 Å². The molecule has 0 bridgehead atoms. The van der Waals surface area contributed by atoms with Gasteiger partial charge in [-0.3, -0.25) is 0 Å². The lowest BCUT2D eigenvalue weighted by atomic mass is 9.44. The second kappa shape index (κ2) is 27.7. The molecule has 0 radical (unpaired) electrons. The number of ether oxygens (including phenoxy) is 12. The molecular weight excluding hydrogens is 1160 g/mol. The lowest BCUT2D eigenvalue weighted by Crippen LogP contribution is -2.68. The molecule has 0 aromatic carbocycles. The van der Waals surface area contributed by atoms with Crippen molar-refractivity contribution < 1.29 is 144 Å². The Kier molecular flexibility index (Phi) is 21.8. The molecule has 29 heteroatoms. The zero-order valence-corrected chi connectivity index (χ0v) is 49.9. The molecule has 10 rings (SSSR count). The van der Waals surface area contributed by atoms with Gasteiger partial charge in [0.15, 0.2) is 37.2 Å². The van der Waals surface area contributed by atoms with Gasteiger partial charge in [0.2, 0.25) is 0 Å². The highest BCUT2D eigenvalue weighted by Gasteiger charge is 2.69. The highest BCUT2D eigenvalue weighted by Crippen LogP contribution is 2.71. The van der Waals surface area contributed by atoms with Crippen LogP contribution in [-0.2, 0) is 56.8 Å². The standard InChI is InChI=1S/C58H98O29/c1-22(21-77-51-44(72)40(68)36(64)30(16-59)79-51)8-13-58(76-5)23(2)35-29(87-58)15-28-26-7-6-24-14-25(9-11-56(24,3)27(26)10-12-57(28,35)4)78-52-47(75)43(71)48(34(20-63)83-52)84-55-50(86-54-46(74)42(70)38(66)32(18-61)81-54)49(39(67)33(19-62)82-55)85-53-45(73)41(69)37(65)31(17-60)80-53/h22-55,59-75H,6-21H2,1-5H3. The fourth-order valence-electron chi connectivity index (χ4n) is 17.4.